The Labute approximate surface area is 178 Å². The first-order valence-electron chi connectivity index (χ1n) is 9.09. The van der Waals surface area contributed by atoms with Crippen LogP contribution in [0.2, 0.25) is 0 Å². The molecule has 0 aliphatic carbocycles. The summed E-state index contributed by atoms with van der Waals surface area (Å²) in [6.07, 6.45) is 0. The molecule has 3 rings (SSSR count). The van der Waals surface area contributed by atoms with Crippen LogP contribution in [0.25, 0.3) is 11.4 Å². The molecule has 1 amide bonds. The standard InChI is InChI=1S/C21H23BrN4OS/c1-5-26-20(16-8-6-7-13(2)11-16)24-25-21(26)28-12-19(27)23-18-10-9-17(22)14(3)15(18)4/h6-11H,5,12H2,1-4H3,(H,23,27). The van der Waals surface area contributed by atoms with Gasteiger partial charge in [0.1, 0.15) is 0 Å². The van der Waals surface area contributed by atoms with Crippen molar-refractivity contribution in [2.24, 2.45) is 0 Å². The third kappa shape index (κ3) is 4.47. The molecule has 3 aromatic rings. The van der Waals surface area contributed by atoms with Crippen LogP contribution in [-0.4, -0.2) is 26.4 Å². The first-order chi connectivity index (χ1) is 13.4. The minimum absolute atomic E-state index is 0.0578. The number of aromatic nitrogens is 3. The third-order valence-corrected chi connectivity index (χ3v) is 6.46. The van der Waals surface area contributed by atoms with Crippen LogP contribution in [0, 0.1) is 20.8 Å². The topological polar surface area (TPSA) is 59.8 Å². The Bertz CT molecular complexity index is 1020. The second-order valence-corrected chi connectivity index (χ2v) is 8.40. The molecule has 0 saturated heterocycles. The van der Waals surface area contributed by atoms with Gasteiger partial charge in [0.2, 0.25) is 5.91 Å². The highest BCUT2D eigenvalue weighted by Crippen LogP contribution is 2.27. The van der Waals surface area contributed by atoms with E-state index < -0.39 is 0 Å². The molecule has 5 nitrogen and oxygen atoms in total. The van der Waals surface area contributed by atoms with E-state index in [1.807, 2.05) is 42.7 Å². The Balaban J connectivity index is 1.71. The van der Waals surface area contributed by atoms with Gasteiger partial charge >= 0.3 is 0 Å². The van der Waals surface area contributed by atoms with Gasteiger partial charge in [-0.2, -0.15) is 0 Å². The maximum absolute atomic E-state index is 12.5. The molecule has 0 radical (unpaired) electrons. The number of thioether (sulfide) groups is 1. The van der Waals surface area contributed by atoms with Crippen LogP contribution in [0.4, 0.5) is 5.69 Å². The van der Waals surface area contributed by atoms with Crippen molar-refractivity contribution in [1.29, 1.82) is 0 Å². The maximum Gasteiger partial charge on any atom is 0.234 e. The van der Waals surface area contributed by atoms with Crippen LogP contribution < -0.4 is 5.32 Å². The Kier molecular flexibility index (Phi) is 6.57. The maximum atomic E-state index is 12.5. The summed E-state index contributed by atoms with van der Waals surface area (Å²) in [5, 5.41) is 12.4. The lowest BCUT2D eigenvalue weighted by molar-refractivity contribution is -0.113. The number of halogens is 1. The van der Waals surface area contributed by atoms with Gasteiger partial charge in [-0.05, 0) is 57.0 Å². The summed E-state index contributed by atoms with van der Waals surface area (Å²) < 4.78 is 3.08. The van der Waals surface area contributed by atoms with Crippen molar-refractivity contribution < 1.29 is 4.79 Å². The highest BCUT2D eigenvalue weighted by Gasteiger charge is 2.15. The summed E-state index contributed by atoms with van der Waals surface area (Å²) in [6, 6.07) is 12.1. The number of benzene rings is 2. The van der Waals surface area contributed by atoms with E-state index in [0.29, 0.717) is 0 Å². The van der Waals surface area contributed by atoms with Crippen LogP contribution in [-0.2, 0) is 11.3 Å². The normalized spacial score (nSPS) is 10.9. The largest absolute Gasteiger partial charge is 0.325 e. The van der Waals surface area contributed by atoms with Crippen LogP contribution >= 0.6 is 27.7 Å². The van der Waals surface area contributed by atoms with Gasteiger partial charge in [0.05, 0.1) is 5.75 Å². The molecular weight excluding hydrogens is 436 g/mol. The van der Waals surface area contributed by atoms with Crippen molar-refractivity contribution in [1.82, 2.24) is 14.8 Å². The number of rotatable bonds is 6. The summed E-state index contributed by atoms with van der Waals surface area (Å²) in [7, 11) is 0. The van der Waals surface area contributed by atoms with Gasteiger partial charge < -0.3 is 9.88 Å². The lowest BCUT2D eigenvalue weighted by Gasteiger charge is -2.12. The fraction of sp³-hybridized carbons (Fsp3) is 0.286. The summed E-state index contributed by atoms with van der Waals surface area (Å²) in [6.45, 7) is 8.89. The highest BCUT2D eigenvalue weighted by molar-refractivity contribution is 9.10. The molecule has 0 atom stereocenters. The molecule has 0 aliphatic heterocycles. The van der Waals surface area contributed by atoms with Gasteiger partial charge in [-0.15, -0.1) is 10.2 Å². The SMILES string of the molecule is CCn1c(SCC(=O)Nc2ccc(Br)c(C)c2C)nnc1-c1cccc(C)c1. The van der Waals surface area contributed by atoms with E-state index in [4.69, 9.17) is 0 Å². The van der Waals surface area contributed by atoms with Gasteiger partial charge in [0, 0.05) is 22.3 Å². The lowest BCUT2D eigenvalue weighted by Crippen LogP contribution is -2.15. The van der Waals surface area contributed by atoms with Gasteiger partial charge in [-0.1, -0.05) is 51.5 Å². The molecule has 0 aliphatic rings. The molecule has 0 fully saturated rings. The fourth-order valence-electron chi connectivity index (χ4n) is 2.92. The number of nitrogens with one attached hydrogen (secondary N) is 1. The number of carbonyl (C=O) groups excluding carboxylic acids is 1. The van der Waals surface area contributed by atoms with E-state index >= 15 is 0 Å². The quantitative estimate of drug-likeness (QED) is 0.503. The van der Waals surface area contributed by atoms with Gasteiger partial charge in [-0.25, -0.2) is 0 Å². The summed E-state index contributed by atoms with van der Waals surface area (Å²) in [5.74, 6) is 1.05. The number of carbonyl (C=O) groups is 1. The number of nitrogens with zero attached hydrogens (tertiary/aromatic N) is 3. The average molecular weight is 459 g/mol. The Morgan fingerprint density at radius 1 is 1.14 bits per heavy atom. The minimum Gasteiger partial charge on any atom is -0.325 e. The number of anilines is 1. The first kappa shape index (κ1) is 20.6. The molecule has 28 heavy (non-hydrogen) atoms. The predicted octanol–water partition coefficient (Wildman–Crippen LogP) is 5.38. The lowest BCUT2D eigenvalue weighted by atomic mass is 10.1. The van der Waals surface area contributed by atoms with Crippen LogP contribution in [0.15, 0.2) is 46.0 Å². The second-order valence-electron chi connectivity index (χ2n) is 6.60. The van der Waals surface area contributed by atoms with E-state index in [2.05, 4.69) is 57.4 Å². The van der Waals surface area contributed by atoms with E-state index in [9.17, 15) is 4.79 Å². The molecule has 1 N–H and O–H groups in total. The third-order valence-electron chi connectivity index (χ3n) is 4.64. The van der Waals surface area contributed by atoms with Crippen molar-refractivity contribution in [3.63, 3.8) is 0 Å². The molecular formula is C21H23BrN4OS. The van der Waals surface area contributed by atoms with Crippen LogP contribution in [0.3, 0.4) is 0 Å². The van der Waals surface area contributed by atoms with E-state index in [-0.39, 0.29) is 11.7 Å². The predicted molar refractivity (Wildman–Crippen MR) is 119 cm³/mol. The van der Waals surface area contributed by atoms with Crippen LogP contribution in [0.1, 0.15) is 23.6 Å². The molecule has 7 heteroatoms. The fourth-order valence-corrected chi connectivity index (χ4v) is 4.15. The molecule has 1 heterocycles. The molecule has 0 unspecified atom stereocenters. The number of amides is 1. The van der Waals surface area contributed by atoms with Gasteiger partial charge in [0.15, 0.2) is 11.0 Å². The minimum atomic E-state index is -0.0578. The Hall–Kier alpha value is -2.12. The smallest absolute Gasteiger partial charge is 0.234 e. The zero-order chi connectivity index (χ0) is 20.3. The van der Waals surface area contributed by atoms with E-state index in [1.165, 1.54) is 17.3 Å². The zero-order valence-corrected chi connectivity index (χ0v) is 18.8. The summed E-state index contributed by atoms with van der Waals surface area (Å²) >= 11 is 4.91. The highest BCUT2D eigenvalue weighted by atomic mass is 79.9. The molecule has 2 aromatic carbocycles. The van der Waals surface area contributed by atoms with Crippen molar-refractivity contribution in [2.45, 2.75) is 39.4 Å². The molecule has 0 saturated carbocycles. The molecule has 0 bridgehead atoms. The second kappa shape index (κ2) is 8.92. The van der Waals surface area contributed by atoms with Crippen molar-refractivity contribution >= 4 is 39.3 Å². The summed E-state index contributed by atoms with van der Waals surface area (Å²) in [4.78, 5) is 12.5. The van der Waals surface area contributed by atoms with Crippen LogP contribution in [0.5, 0.6) is 0 Å². The van der Waals surface area contributed by atoms with Gasteiger partial charge in [0.25, 0.3) is 0 Å². The van der Waals surface area contributed by atoms with Crippen molar-refractivity contribution in [3.05, 3.63) is 57.6 Å². The zero-order valence-electron chi connectivity index (χ0n) is 16.4. The summed E-state index contributed by atoms with van der Waals surface area (Å²) in [5.41, 5.74) is 5.23. The number of hydrogen-bond donors (Lipinski definition) is 1. The van der Waals surface area contributed by atoms with Crippen molar-refractivity contribution in [3.8, 4) is 11.4 Å². The van der Waals surface area contributed by atoms with Crippen molar-refractivity contribution in [2.75, 3.05) is 11.1 Å². The van der Waals surface area contributed by atoms with E-state index in [1.54, 1.807) is 0 Å². The average Bonchev–Trinajstić information content (AvgIpc) is 3.10. The van der Waals surface area contributed by atoms with Gasteiger partial charge in [-0.3, -0.25) is 4.79 Å². The molecule has 146 valence electrons. The number of aryl methyl sites for hydroxylation is 1. The number of hydrogen-bond acceptors (Lipinski definition) is 4. The monoisotopic (exact) mass is 458 g/mol. The van der Waals surface area contributed by atoms with E-state index in [0.717, 1.165) is 44.4 Å². The molecule has 1 aromatic heterocycles. The Morgan fingerprint density at radius 2 is 1.93 bits per heavy atom. The Morgan fingerprint density at radius 3 is 2.64 bits per heavy atom. The molecule has 0 spiro atoms. The first-order valence-corrected chi connectivity index (χ1v) is 10.9.